The van der Waals surface area contributed by atoms with Gasteiger partial charge in [-0.1, -0.05) is 0 Å². The van der Waals surface area contributed by atoms with Crippen LogP contribution in [0.25, 0.3) is 0 Å². The SMILES string of the molecule is CN=P.NS(=O)(=O)Cl.NS(=O)(=O)OC1CC1.O=CO.O=NS(=O)(=O)Cl.OC1CC1. The minimum absolute atomic E-state index is 0.0833. The van der Waals surface area contributed by atoms with E-state index in [0.29, 0.717) is 0 Å². The third-order valence-corrected chi connectivity index (χ3v) is 2.32. The fourth-order valence-electron chi connectivity index (χ4n) is 0.428. The summed E-state index contributed by atoms with van der Waals surface area (Å²) >= 11 is 0. The Morgan fingerprint density at radius 2 is 1.28 bits per heavy atom. The van der Waals surface area contributed by atoms with Gasteiger partial charge in [-0.3, -0.25) is 13.7 Å². The number of nitrogens with zero attached hydrogens (tertiary/aromatic N) is 2. The first-order valence-electron chi connectivity index (χ1n) is 6.60. The molecule has 0 unspecified atom stereocenters. The Hall–Kier alpha value is -0.560. The van der Waals surface area contributed by atoms with Gasteiger partial charge in [0.05, 0.1) is 16.8 Å². The number of nitrogens with two attached hydrogens (primary N) is 2. The molecule has 2 rings (SSSR count). The molecule has 15 nitrogen and oxygen atoms in total. The minimum atomic E-state index is -4.12. The highest BCUT2D eigenvalue weighted by Gasteiger charge is 2.26. The van der Waals surface area contributed by atoms with Gasteiger partial charge < -0.3 is 10.2 Å². The predicted octanol–water partition coefficient (Wildman–Crippen LogP) is -0.181. The van der Waals surface area contributed by atoms with E-state index in [1.165, 1.54) is 4.58 Å². The Morgan fingerprint density at radius 1 is 1.07 bits per heavy atom. The van der Waals surface area contributed by atoms with Crippen molar-refractivity contribution in [3.05, 3.63) is 4.91 Å². The van der Waals surface area contributed by atoms with E-state index in [9.17, 15) is 25.3 Å². The summed E-state index contributed by atoms with van der Waals surface area (Å²) in [5.41, 5.74) is 0. The van der Waals surface area contributed by atoms with Crippen LogP contribution in [0.1, 0.15) is 25.7 Å². The van der Waals surface area contributed by atoms with Gasteiger partial charge in [-0.05, 0) is 34.7 Å². The van der Waals surface area contributed by atoms with Crippen LogP contribution >= 0.6 is 30.4 Å². The van der Waals surface area contributed by atoms with Crippen molar-refractivity contribution >= 4 is 65.6 Å². The number of carboxylic acid groups (broad SMARTS) is 1. The molecule has 0 heterocycles. The van der Waals surface area contributed by atoms with Crippen LogP contribution in [0, 0.1) is 4.91 Å². The van der Waals surface area contributed by atoms with Crippen molar-refractivity contribution in [1.29, 1.82) is 0 Å². The minimum Gasteiger partial charge on any atom is -0.483 e. The smallest absolute Gasteiger partial charge is 0.374 e. The second-order valence-corrected chi connectivity index (χ2v) is 10.3. The van der Waals surface area contributed by atoms with E-state index >= 15 is 0 Å². The molecular weight excluding hydrogens is 526 g/mol. The van der Waals surface area contributed by atoms with Gasteiger partial charge in [0.2, 0.25) is 0 Å². The highest BCUT2D eigenvalue weighted by atomic mass is 35.7. The highest BCUT2D eigenvalue weighted by molar-refractivity contribution is 8.12. The van der Waals surface area contributed by atoms with Crippen molar-refractivity contribution in [2.45, 2.75) is 37.9 Å². The number of halogens is 2. The lowest BCUT2D eigenvalue weighted by Gasteiger charge is -1.92. The maximum absolute atomic E-state index is 10.0. The van der Waals surface area contributed by atoms with Crippen LogP contribution < -0.4 is 10.3 Å². The van der Waals surface area contributed by atoms with Gasteiger partial charge in [0.15, 0.2) is 0 Å². The molecule has 0 aromatic heterocycles. The molecule has 21 heteroatoms. The summed E-state index contributed by atoms with van der Waals surface area (Å²) in [7, 11) is 1.49. The fourth-order valence-corrected chi connectivity index (χ4v) is 1.00. The van der Waals surface area contributed by atoms with Crippen molar-refractivity contribution in [1.82, 2.24) is 0 Å². The van der Waals surface area contributed by atoms with Crippen molar-refractivity contribution in [3.8, 4) is 0 Å². The normalized spacial score (nSPS) is 14.6. The second kappa shape index (κ2) is 19.4. The van der Waals surface area contributed by atoms with Crippen LogP contribution in [0.15, 0.2) is 9.33 Å². The summed E-state index contributed by atoms with van der Waals surface area (Å²) in [6.45, 7) is -0.250. The molecule has 176 valence electrons. The summed E-state index contributed by atoms with van der Waals surface area (Å²) < 4.78 is 66.1. The van der Waals surface area contributed by atoms with Crippen molar-refractivity contribution in [2.24, 2.45) is 19.6 Å². The monoisotopic (exact) mass is 546 g/mol. The van der Waals surface area contributed by atoms with E-state index < -0.39 is 28.8 Å². The molecule has 0 aromatic carbocycles. The number of nitroso groups, excluding NO2 is 1. The van der Waals surface area contributed by atoms with Crippen LogP contribution in [-0.2, 0) is 37.8 Å². The Balaban J connectivity index is -0.000000135. The fraction of sp³-hybridized carbons (Fsp3) is 0.875. The van der Waals surface area contributed by atoms with E-state index in [0.717, 1.165) is 25.7 Å². The zero-order valence-electron chi connectivity index (χ0n) is 14.7. The molecule has 0 aliphatic heterocycles. The maximum atomic E-state index is 10.0. The number of rotatable bonds is 3. The molecule has 0 radical (unpaired) electrons. The Kier molecular flexibility index (Phi) is 24.0. The van der Waals surface area contributed by atoms with Gasteiger partial charge in [0.1, 0.15) is 0 Å². The molecular formula is C8H21Cl2N4O11PS3. The summed E-state index contributed by atoms with van der Waals surface area (Å²) in [6, 6.07) is 0. The number of aliphatic hydroxyl groups excluding tert-OH is 1. The average Bonchev–Trinajstić information content (AvgIpc) is 3.38. The molecule has 2 aliphatic carbocycles. The third kappa shape index (κ3) is 98.3. The first kappa shape index (κ1) is 35.9. The third-order valence-electron chi connectivity index (χ3n) is 1.43. The molecule has 0 atom stereocenters. The highest BCUT2D eigenvalue weighted by Crippen LogP contribution is 2.24. The Bertz CT molecular complexity index is 729. The lowest BCUT2D eigenvalue weighted by molar-refractivity contribution is -0.122. The standard InChI is InChI=1S/C3H7NO3S.C3H6O.CH4NP.CH2O2.ClNO3S.ClH2NO2S/c4-8(5,6)7-3-1-2-3;4-3-1-2-3;1-2-3;2-1-3;1-6(4,5)2-3;1-5(2,3)4/h3H,1-2H2,(H2,4,5,6);3-4H,1-2H2;3H,1H3;1H,(H,2,3);;(H2,2,3,4). The molecule has 0 spiro atoms. The van der Waals surface area contributed by atoms with Crippen LogP contribution in [-0.4, -0.2) is 61.2 Å². The first-order valence-corrected chi connectivity index (χ1v) is 13.2. The average molecular weight is 547 g/mol. The van der Waals surface area contributed by atoms with Crippen LogP contribution in [0.4, 0.5) is 0 Å². The maximum Gasteiger partial charge on any atom is 0.374 e. The molecule has 2 saturated carbocycles. The topological polar surface area (TPSA) is 263 Å². The van der Waals surface area contributed by atoms with Crippen molar-refractivity contribution < 1.29 is 44.4 Å². The summed E-state index contributed by atoms with van der Waals surface area (Å²) in [5.74, 6) is 0. The number of hydrogen-bond donors (Lipinski definition) is 4. The van der Waals surface area contributed by atoms with E-state index in [-0.39, 0.29) is 18.7 Å². The van der Waals surface area contributed by atoms with Crippen LogP contribution in [0.2, 0.25) is 0 Å². The molecule has 2 aliphatic rings. The Morgan fingerprint density at radius 3 is 1.31 bits per heavy atom. The lowest BCUT2D eigenvalue weighted by Crippen LogP contribution is -2.16. The molecule has 0 bridgehead atoms. The quantitative estimate of drug-likeness (QED) is 0.156. The van der Waals surface area contributed by atoms with Gasteiger partial charge in [0, 0.05) is 28.4 Å². The Labute approximate surface area is 179 Å². The van der Waals surface area contributed by atoms with E-state index in [2.05, 4.69) is 49.6 Å². The van der Waals surface area contributed by atoms with E-state index in [4.69, 9.17) is 19.9 Å². The first-order chi connectivity index (χ1) is 12.9. The number of hydrogen-bond acceptors (Lipinski definition) is 11. The lowest BCUT2D eigenvalue weighted by atomic mass is 10.9. The molecule has 2 fully saturated rings. The van der Waals surface area contributed by atoms with E-state index in [1.54, 1.807) is 7.05 Å². The molecule has 0 amide bonds. The second-order valence-electron chi connectivity index (χ2n) is 4.31. The van der Waals surface area contributed by atoms with E-state index in [1.807, 2.05) is 0 Å². The largest absolute Gasteiger partial charge is 0.483 e. The zero-order chi connectivity index (χ0) is 24.3. The summed E-state index contributed by atoms with van der Waals surface area (Å²) in [5, 5.41) is 23.7. The van der Waals surface area contributed by atoms with Crippen molar-refractivity contribution in [2.75, 3.05) is 7.05 Å². The number of aliphatic hydroxyl groups is 1. The molecule has 0 saturated heterocycles. The van der Waals surface area contributed by atoms with Gasteiger partial charge in [-0.25, -0.2) is 10.3 Å². The molecule has 6 N–H and O–H groups in total. The molecule has 29 heavy (non-hydrogen) atoms. The van der Waals surface area contributed by atoms with Crippen LogP contribution in [0.5, 0.6) is 0 Å². The predicted molar refractivity (Wildman–Crippen MR) is 107 cm³/mol. The zero-order valence-corrected chi connectivity index (χ0v) is 19.6. The van der Waals surface area contributed by atoms with Gasteiger partial charge in [-0.2, -0.15) is 25.3 Å². The van der Waals surface area contributed by atoms with Gasteiger partial charge >= 0.3 is 19.5 Å². The molecule has 0 aromatic rings. The summed E-state index contributed by atoms with van der Waals surface area (Å²) in [6.07, 6.45) is 3.68. The van der Waals surface area contributed by atoms with Gasteiger partial charge in [0.25, 0.3) is 15.7 Å². The summed E-state index contributed by atoms with van der Waals surface area (Å²) in [4.78, 5) is 17.2. The van der Waals surface area contributed by atoms with Crippen molar-refractivity contribution in [3.63, 3.8) is 0 Å². The van der Waals surface area contributed by atoms with Gasteiger partial charge in [-0.15, -0.1) is 4.91 Å². The number of carbonyl (C=O) groups is 1. The van der Waals surface area contributed by atoms with Crippen LogP contribution in [0.3, 0.4) is 0 Å².